The quantitative estimate of drug-likeness (QED) is 0.0646. The number of nitrogens with one attached hydrogen (secondary N) is 2. The number of nitrogens with two attached hydrogens (primary N) is 3. The highest BCUT2D eigenvalue weighted by Crippen LogP contribution is 2.30. The van der Waals surface area contributed by atoms with Crippen molar-refractivity contribution in [1.82, 2.24) is 29.9 Å². The van der Waals surface area contributed by atoms with Gasteiger partial charge in [0.2, 0.25) is 23.8 Å². The lowest BCUT2D eigenvalue weighted by Gasteiger charge is -2.21. The second-order valence-corrected chi connectivity index (χ2v) is 13.9. The average molecular weight is 902 g/mol. The molecule has 0 fully saturated rings. The number of anilines is 4. The molecule has 3 aromatic heterocycles. The monoisotopic (exact) mass is 901 g/mol. The largest absolute Gasteiger partial charge is 0.496 e. The van der Waals surface area contributed by atoms with E-state index in [4.69, 9.17) is 21.9 Å². The molecule has 20 nitrogen and oxygen atoms in total. The van der Waals surface area contributed by atoms with Crippen molar-refractivity contribution < 1.29 is 34.1 Å². The van der Waals surface area contributed by atoms with E-state index in [0.29, 0.717) is 65.6 Å². The molecule has 0 unspecified atom stereocenters. The summed E-state index contributed by atoms with van der Waals surface area (Å²) < 4.78 is 5.33. The second kappa shape index (κ2) is 25.3. The van der Waals surface area contributed by atoms with Crippen LogP contribution in [-0.2, 0) is 4.79 Å². The van der Waals surface area contributed by atoms with Crippen LogP contribution in [0.25, 0.3) is 33.8 Å². The number of ether oxygens (including phenoxy) is 1. The van der Waals surface area contributed by atoms with Gasteiger partial charge in [0.25, 0.3) is 17.7 Å². The zero-order valence-electron chi connectivity index (χ0n) is 37.4. The number of benzene rings is 3. The molecule has 3 aromatic carbocycles. The van der Waals surface area contributed by atoms with Crippen molar-refractivity contribution in [3.63, 3.8) is 0 Å². The first-order valence-corrected chi connectivity index (χ1v) is 20.8. The van der Waals surface area contributed by atoms with Gasteiger partial charge in [0.15, 0.2) is 0 Å². The number of primary amides is 3. The van der Waals surface area contributed by atoms with Crippen LogP contribution < -0.4 is 42.4 Å². The Kier molecular flexibility index (Phi) is 19.3. The van der Waals surface area contributed by atoms with Crippen LogP contribution in [0.3, 0.4) is 0 Å². The van der Waals surface area contributed by atoms with E-state index in [-0.39, 0.29) is 55.2 Å². The van der Waals surface area contributed by atoms with Crippen molar-refractivity contribution in [2.75, 3.05) is 73.5 Å². The third-order valence-electron chi connectivity index (χ3n) is 9.25. The zero-order valence-corrected chi connectivity index (χ0v) is 37.4. The molecular weight excluding hydrogens is 847 g/mol. The van der Waals surface area contributed by atoms with Crippen molar-refractivity contribution in [3.05, 3.63) is 114 Å². The number of aromatic nitrogens is 6. The Morgan fingerprint density at radius 1 is 0.606 bits per heavy atom. The van der Waals surface area contributed by atoms with Crippen LogP contribution in [-0.4, -0.2) is 117 Å². The van der Waals surface area contributed by atoms with Crippen LogP contribution in [0.5, 0.6) is 5.75 Å². The van der Waals surface area contributed by atoms with Gasteiger partial charge >= 0.3 is 0 Å². The molecule has 10 N–H and O–H groups in total. The van der Waals surface area contributed by atoms with Crippen LogP contribution in [0.2, 0.25) is 0 Å². The molecule has 346 valence electrons. The molecule has 6 rings (SSSR count). The maximum absolute atomic E-state index is 11.6. The Hall–Kier alpha value is -8.10. The third kappa shape index (κ3) is 14.5. The molecule has 0 atom stereocenters. The minimum absolute atomic E-state index is 0.0433. The van der Waals surface area contributed by atoms with Crippen molar-refractivity contribution in [2.24, 2.45) is 17.2 Å². The van der Waals surface area contributed by atoms with E-state index < -0.39 is 17.7 Å². The standard InChI is InChI=1S/C17H21N5O2.C16H20N4O4.C13H14N4O/c1-4-22(5-2)17-20-14(10-15(21-17)16(18)24)12-7-6-8-13(9-12)19-11(3)23;1-24-14-5-3-2-4-11(14)12-10-13(15(17)23)19-16(18-12)20(6-8-21)7-9-22;1-2-15-13-16-10(8-11(17-13)12(14)18)9-6-4-3-5-7-9/h6-10H,4-5H2,1-3H3,(H2,18,24)(H,19,23);2-5,10,21-22H,6-9H2,1H3,(H2,17,23);3-8H,2H2,1H3,(H2,14,18)(H,15,16,17). The Labute approximate surface area is 382 Å². The number of aliphatic hydroxyl groups excluding tert-OH is 2. The van der Waals surface area contributed by atoms with E-state index >= 15 is 0 Å². The lowest BCUT2D eigenvalue weighted by atomic mass is 10.1. The molecule has 0 spiro atoms. The summed E-state index contributed by atoms with van der Waals surface area (Å²) in [5.74, 6) is -0.356. The fraction of sp³-hybridized carbons (Fsp3) is 0.261. The van der Waals surface area contributed by atoms with E-state index in [1.165, 1.54) is 13.0 Å². The fourth-order valence-corrected chi connectivity index (χ4v) is 6.13. The summed E-state index contributed by atoms with van der Waals surface area (Å²) in [6.45, 7) is 9.60. The number of nitrogens with zero attached hydrogens (tertiary/aromatic N) is 8. The Balaban J connectivity index is 0.000000219. The molecule has 20 heteroatoms. The molecule has 6 aromatic rings. The van der Waals surface area contributed by atoms with E-state index in [1.54, 1.807) is 48.4 Å². The number of methoxy groups -OCH3 is 1. The van der Waals surface area contributed by atoms with Gasteiger partial charge in [0.1, 0.15) is 22.8 Å². The summed E-state index contributed by atoms with van der Waals surface area (Å²) in [5, 5.41) is 24.1. The maximum atomic E-state index is 11.6. The second-order valence-electron chi connectivity index (χ2n) is 13.9. The first-order chi connectivity index (χ1) is 31.7. The summed E-state index contributed by atoms with van der Waals surface area (Å²) in [6.07, 6.45) is 0. The Morgan fingerprint density at radius 2 is 1.12 bits per heavy atom. The number of hydrogen-bond acceptors (Lipinski definition) is 16. The topological polar surface area (TPSA) is 304 Å². The minimum Gasteiger partial charge on any atom is -0.496 e. The van der Waals surface area contributed by atoms with Crippen molar-refractivity contribution in [3.8, 4) is 39.5 Å². The summed E-state index contributed by atoms with van der Waals surface area (Å²) in [6, 6.07) is 28.7. The number of para-hydroxylation sites is 1. The number of carbonyl (C=O) groups excluding carboxylic acids is 4. The lowest BCUT2D eigenvalue weighted by Crippen LogP contribution is -2.32. The van der Waals surface area contributed by atoms with E-state index in [0.717, 1.165) is 11.1 Å². The normalized spacial score (nSPS) is 10.3. The van der Waals surface area contributed by atoms with E-state index in [9.17, 15) is 29.4 Å². The van der Waals surface area contributed by atoms with Crippen molar-refractivity contribution >= 4 is 47.2 Å². The van der Waals surface area contributed by atoms with Gasteiger partial charge in [0.05, 0.1) is 37.4 Å². The molecule has 66 heavy (non-hydrogen) atoms. The molecule has 4 amide bonds. The SMILES string of the molecule is CCN(CC)c1nc(C(N)=O)cc(-c2cccc(NC(C)=O)c2)n1.CCNc1nc(C(N)=O)cc(-c2ccccc2)n1.COc1ccccc1-c1cc(C(N)=O)nc(N(CCO)CCO)n1. The van der Waals surface area contributed by atoms with Crippen LogP contribution in [0.1, 0.15) is 59.2 Å². The number of amides is 4. The summed E-state index contributed by atoms with van der Waals surface area (Å²) in [4.78, 5) is 74.9. The highest BCUT2D eigenvalue weighted by Gasteiger charge is 2.18. The van der Waals surface area contributed by atoms with Gasteiger partial charge in [0, 0.05) is 62.0 Å². The highest BCUT2D eigenvalue weighted by atomic mass is 16.5. The van der Waals surface area contributed by atoms with Gasteiger partial charge in [-0.3, -0.25) is 19.2 Å². The van der Waals surface area contributed by atoms with Crippen LogP contribution in [0.15, 0.2) is 97.1 Å². The average Bonchev–Trinajstić information content (AvgIpc) is 3.32. The van der Waals surface area contributed by atoms with E-state index in [1.807, 2.05) is 80.3 Å². The van der Waals surface area contributed by atoms with Crippen molar-refractivity contribution in [2.45, 2.75) is 27.7 Å². The molecule has 0 bridgehead atoms. The summed E-state index contributed by atoms with van der Waals surface area (Å²) in [5.41, 5.74) is 21.2. The summed E-state index contributed by atoms with van der Waals surface area (Å²) in [7, 11) is 1.54. The molecule has 3 heterocycles. The lowest BCUT2D eigenvalue weighted by molar-refractivity contribution is -0.114. The molecule has 0 radical (unpaired) electrons. The fourth-order valence-electron chi connectivity index (χ4n) is 6.13. The van der Waals surface area contributed by atoms with Gasteiger partial charge < -0.3 is 52.6 Å². The van der Waals surface area contributed by atoms with Crippen molar-refractivity contribution in [1.29, 1.82) is 0 Å². The smallest absolute Gasteiger partial charge is 0.267 e. The number of hydrogen-bond donors (Lipinski definition) is 7. The molecule has 0 aliphatic carbocycles. The Morgan fingerprint density at radius 3 is 1.67 bits per heavy atom. The number of carbonyl (C=O) groups is 4. The number of aliphatic hydroxyl groups is 2. The summed E-state index contributed by atoms with van der Waals surface area (Å²) >= 11 is 0. The van der Waals surface area contributed by atoms with Crippen LogP contribution >= 0.6 is 0 Å². The molecule has 0 aliphatic heterocycles. The molecule has 0 saturated heterocycles. The van der Waals surface area contributed by atoms with Gasteiger partial charge in [-0.15, -0.1) is 0 Å². The first-order valence-electron chi connectivity index (χ1n) is 20.8. The highest BCUT2D eigenvalue weighted by molar-refractivity contribution is 5.94. The number of rotatable bonds is 18. The predicted molar refractivity (Wildman–Crippen MR) is 253 cm³/mol. The zero-order chi connectivity index (χ0) is 48.2. The predicted octanol–water partition coefficient (Wildman–Crippen LogP) is 3.76. The van der Waals surface area contributed by atoms with Crippen LogP contribution in [0, 0.1) is 0 Å². The van der Waals surface area contributed by atoms with E-state index in [2.05, 4.69) is 40.5 Å². The molecular formula is C46H55N13O7. The van der Waals surface area contributed by atoms with Gasteiger partial charge in [-0.25, -0.2) is 29.9 Å². The Bertz CT molecular complexity index is 2570. The van der Waals surface area contributed by atoms with Gasteiger partial charge in [-0.2, -0.15) is 0 Å². The third-order valence-corrected chi connectivity index (χ3v) is 9.25. The maximum Gasteiger partial charge on any atom is 0.267 e. The minimum atomic E-state index is -0.692. The van der Waals surface area contributed by atoms with Gasteiger partial charge in [-0.1, -0.05) is 54.6 Å². The molecule has 0 aliphatic rings. The van der Waals surface area contributed by atoms with Crippen LogP contribution in [0.4, 0.5) is 23.5 Å². The van der Waals surface area contributed by atoms with Gasteiger partial charge in [-0.05, 0) is 63.2 Å². The molecule has 0 saturated carbocycles. The first kappa shape index (κ1) is 50.5.